The molecule has 26 heavy (non-hydrogen) atoms. The van der Waals surface area contributed by atoms with Crippen LogP contribution < -0.4 is 15.4 Å². The van der Waals surface area contributed by atoms with E-state index in [-0.39, 0.29) is 12.4 Å². The summed E-state index contributed by atoms with van der Waals surface area (Å²) in [5.74, 6) is 0.466. The highest BCUT2D eigenvalue weighted by Crippen LogP contribution is 2.19. The Balaban J connectivity index is 1.84. The Bertz CT molecular complexity index is 707. The summed E-state index contributed by atoms with van der Waals surface area (Å²) in [7, 11) is 1.61. The summed E-state index contributed by atoms with van der Waals surface area (Å²) < 4.78 is 41.7. The van der Waals surface area contributed by atoms with Crippen LogP contribution in [0.3, 0.4) is 0 Å². The van der Waals surface area contributed by atoms with Crippen molar-refractivity contribution in [2.45, 2.75) is 19.1 Å². The molecule has 0 aliphatic carbocycles. The summed E-state index contributed by atoms with van der Waals surface area (Å²) in [5, 5.41) is 6.15. The van der Waals surface area contributed by atoms with E-state index < -0.39 is 12.8 Å². The maximum Gasteiger partial charge on any atom is 0.422 e. The zero-order valence-corrected chi connectivity index (χ0v) is 14.3. The molecule has 0 radical (unpaired) electrons. The molecule has 0 aliphatic heterocycles. The number of aromatic nitrogens is 2. The van der Waals surface area contributed by atoms with E-state index in [4.69, 9.17) is 4.74 Å². The van der Waals surface area contributed by atoms with Gasteiger partial charge in [-0.15, -0.1) is 0 Å². The second-order valence-corrected chi connectivity index (χ2v) is 5.30. The van der Waals surface area contributed by atoms with Gasteiger partial charge in [0.15, 0.2) is 12.6 Å². The van der Waals surface area contributed by atoms with Crippen molar-refractivity contribution >= 4 is 5.96 Å². The molecule has 0 fully saturated rings. The molecule has 0 spiro atoms. The average molecular weight is 367 g/mol. The van der Waals surface area contributed by atoms with Crippen LogP contribution in [0.4, 0.5) is 13.2 Å². The number of hydrogen-bond donors (Lipinski definition) is 2. The maximum atomic E-state index is 12.3. The van der Waals surface area contributed by atoms with Crippen molar-refractivity contribution in [1.29, 1.82) is 0 Å². The summed E-state index contributed by atoms with van der Waals surface area (Å²) in [6.45, 7) is -0.542. The van der Waals surface area contributed by atoms with Crippen LogP contribution in [-0.2, 0) is 13.0 Å². The number of rotatable bonds is 7. The van der Waals surface area contributed by atoms with E-state index in [0.29, 0.717) is 24.5 Å². The first-order valence-electron chi connectivity index (χ1n) is 7.96. The van der Waals surface area contributed by atoms with Crippen molar-refractivity contribution < 1.29 is 17.9 Å². The Morgan fingerprint density at radius 2 is 1.92 bits per heavy atom. The molecule has 2 aromatic rings. The first kappa shape index (κ1) is 19.5. The smallest absolute Gasteiger partial charge is 0.422 e. The topological polar surface area (TPSA) is 71.4 Å². The predicted molar refractivity (Wildman–Crippen MR) is 91.9 cm³/mol. The van der Waals surface area contributed by atoms with Crippen molar-refractivity contribution in [2.24, 2.45) is 4.99 Å². The molecule has 0 atom stereocenters. The molecule has 0 aromatic carbocycles. The molecule has 2 aromatic heterocycles. The van der Waals surface area contributed by atoms with Crippen LogP contribution in [0.15, 0.2) is 47.7 Å². The van der Waals surface area contributed by atoms with Gasteiger partial charge in [0.25, 0.3) is 0 Å². The molecule has 2 rings (SSSR count). The van der Waals surface area contributed by atoms with Crippen LogP contribution in [-0.4, -0.2) is 42.3 Å². The summed E-state index contributed by atoms with van der Waals surface area (Å²) >= 11 is 0. The van der Waals surface area contributed by atoms with Gasteiger partial charge in [0.05, 0.1) is 0 Å². The summed E-state index contributed by atoms with van der Waals surface area (Å²) in [4.78, 5) is 12.2. The van der Waals surface area contributed by atoms with Crippen LogP contribution in [0.5, 0.6) is 5.88 Å². The van der Waals surface area contributed by atoms with E-state index in [1.165, 1.54) is 6.20 Å². The van der Waals surface area contributed by atoms with Gasteiger partial charge in [-0.2, -0.15) is 13.2 Å². The Hall–Kier alpha value is -2.84. The van der Waals surface area contributed by atoms with Gasteiger partial charge < -0.3 is 15.4 Å². The van der Waals surface area contributed by atoms with Gasteiger partial charge >= 0.3 is 6.18 Å². The molecule has 0 aliphatic rings. The number of nitrogens with zero attached hydrogens (tertiary/aromatic N) is 3. The molecule has 2 heterocycles. The highest BCUT2D eigenvalue weighted by molar-refractivity contribution is 5.79. The number of hydrogen-bond acceptors (Lipinski definition) is 4. The van der Waals surface area contributed by atoms with E-state index in [9.17, 15) is 13.2 Å². The summed E-state index contributed by atoms with van der Waals surface area (Å²) in [6.07, 6.45) is -0.581. The highest BCUT2D eigenvalue weighted by Gasteiger charge is 2.29. The van der Waals surface area contributed by atoms with E-state index in [1.54, 1.807) is 25.4 Å². The fraction of sp³-hybridized carbons (Fsp3) is 0.353. The molecule has 140 valence electrons. The van der Waals surface area contributed by atoms with Gasteiger partial charge in [-0.1, -0.05) is 12.1 Å². The van der Waals surface area contributed by atoms with Crippen molar-refractivity contribution in [2.75, 3.05) is 20.2 Å². The highest BCUT2D eigenvalue weighted by atomic mass is 19.4. The van der Waals surface area contributed by atoms with Gasteiger partial charge in [-0.25, -0.2) is 4.98 Å². The fourth-order valence-electron chi connectivity index (χ4n) is 2.09. The lowest BCUT2D eigenvalue weighted by Gasteiger charge is -2.14. The molecule has 6 nitrogen and oxygen atoms in total. The monoisotopic (exact) mass is 367 g/mol. The third kappa shape index (κ3) is 6.96. The van der Waals surface area contributed by atoms with Gasteiger partial charge in [0.2, 0.25) is 5.88 Å². The van der Waals surface area contributed by atoms with E-state index in [2.05, 4.69) is 25.6 Å². The second-order valence-electron chi connectivity index (χ2n) is 5.30. The SMILES string of the molecule is CN=C(NCCc1ccccn1)NCc1cccnc1OCC(F)(F)F. The van der Waals surface area contributed by atoms with Crippen molar-refractivity contribution in [3.8, 4) is 5.88 Å². The lowest BCUT2D eigenvalue weighted by atomic mass is 10.2. The lowest BCUT2D eigenvalue weighted by Crippen LogP contribution is -2.38. The maximum absolute atomic E-state index is 12.3. The first-order chi connectivity index (χ1) is 12.5. The lowest BCUT2D eigenvalue weighted by molar-refractivity contribution is -0.154. The third-order valence-electron chi connectivity index (χ3n) is 3.29. The number of aliphatic imine (C=N–C) groups is 1. The standard InChI is InChI=1S/C17H20F3N5O/c1-21-16(24-10-7-14-6-2-3-8-22-14)25-11-13-5-4-9-23-15(13)26-12-17(18,19)20/h2-6,8-9H,7,10-12H2,1H3,(H2,21,24,25). The zero-order chi connectivity index (χ0) is 18.8. The van der Waals surface area contributed by atoms with Crippen LogP contribution in [0.25, 0.3) is 0 Å². The molecular formula is C17H20F3N5O. The molecular weight excluding hydrogens is 347 g/mol. The number of guanidine groups is 1. The van der Waals surface area contributed by atoms with Gasteiger partial charge in [-0.3, -0.25) is 9.98 Å². The van der Waals surface area contributed by atoms with Crippen LogP contribution in [0, 0.1) is 0 Å². The van der Waals surface area contributed by atoms with E-state index >= 15 is 0 Å². The largest absolute Gasteiger partial charge is 0.468 e. The van der Waals surface area contributed by atoms with Crippen LogP contribution >= 0.6 is 0 Å². The van der Waals surface area contributed by atoms with E-state index in [0.717, 1.165) is 5.69 Å². The van der Waals surface area contributed by atoms with Crippen molar-refractivity contribution in [1.82, 2.24) is 20.6 Å². The number of pyridine rings is 2. The second kappa shape index (κ2) is 9.59. The zero-order valence-electron chi connectivity index (χ0n) is 14.3. The normalized spacial score (nSPS) is 11.9. The van der Waals surface area contributed by atoms with Crippen LogP contribution in [0.1, 0.15) is 11.3 Å². The Morgan fingerprint density at radius 1 is 1.12 bits per heavy atom. The average Bonchev–Trinajstić information content (AvgIpc) is 2.63. The number of nitrogens with one attached hydrogen (secondary N) is 2. The molecule has 0 bridgehead atoms. The van der Waals surface area contributed by atoms with Gasteiger partial charge in [0.1, 0.15) is 0 Å². The third-order valence-corrected chi connectivity index (χ3v) is 3.29. The van der Waals surface area contributed by atoms with Gasteiger partial charge in [0, 0.05) is 50.2 Å². The molecule has 2 N–H and O–H groups in total. The van der Waals surface area contributed by atoms with E-state index in [1.807, 2.05) is 18.2 Å². The molecule has 9 heteroatoms. The number of halogens is 3. The minimum absolute atomic E-state index is 0.0544. The molecule has 0 saturated heterocycles. The molecule has 0 amide bonds. The van der Waals surface area contributed by atoms with Crippen molar-refractivity contribution in [3.63, 3.8) is 0 Å². The van der Waals surface area contributed by atoms with Crippen molar-refractivity contribution in [3.05, 3.63) is 54.0 Å². The van der Waals surface area contributed by atoms with Crippen LogP contribution in [0.2, 0.25) is 0 Å². The predicted octanol–water partition coefficient (Wildman–Crippen LogP) is 2.33. The summed E-state index contributed by atoms with van der Waals surface area (Å²) in [6, 6.07) is 8.98. The Kier molecular flexibility index (Phi) is 7.19. The minimum atomic E-state index is -4.41. The quantitative estimate of drug-likeness (QED) is 0.581. The molecule has 0 saturated carbocycles. The molecule has 0 unspecified atom stereocenters. The van der Waals surface area contributed by atoms with Gasteiger partial charge in [-0.05, 0) is 18.2 Å². The first-order valence-corrected chi connectivity index (χ1v) is 7.96. The summed E-state index contributed by atoms with van der Waals surface area (Å²) in [5.41, 5.74) is 1.45. The minimum Gasteiger partial charge on any atom is -0.468 e. The Labute approximate surface area is 149 Å². The number of alkyl halides is 3. The number of ether oxygens (including phenoxy) is 1. The fourth-order valence-corrected chi connectivity index (χ4v) is 2.09. The Morgan fingerprint density at radius 3 is 2.62 bits per heavy atom.